The standard InChI is InChI=1S/C22H22N6O3/c1-2-23-21(29)18-12-17-19(31-18)20(27-8-10-30-11-9-27)26-22(25-17)28-14-16(13-24-28)15-6-4-3-5-7-15/h3-7,12-14H,2,8-11H2,1H3,(H,23,29). The van der Waals surface area contributed by atoms with Gasteiger partial charge in [0.25, 0.3) is 11.9 Å². The van der Waals surface area contributed by atoms with Gasteiger partial charge in [-0.1, -0.05) is 30.3 Å². The molecule has 0 atom stereocenters. The molecule has 1 N–H and O–H groups in total. The molecule has 0 aliphatic carbocycles. The Labute approximate surface area is 178 Å². The van der Waals surface area contributed by atoms with Crippen molar-refractivity contribution in [1.82, 2.24) is 25.1 Å². The SMILES string of the molecule is CCNC(=O)c1cc2nc(-n3cc(-c4ccccc4)cn3)nc(N3CCOCC3)c2o1. The second kappa shape index (κ2) is 8.19. The zero-order valence-electron chi connectivity index (χ0n) is 17.1. The van der Waals surface area contributed by atoms with Gasteiger partial charge in [-0.05, 0) is 12.5 Å². The summed E-state index contributed by atoms with van der Waals surface area (Å²) >= 11 is 0. The van der Waals surface area contributed by atoms with Gasteiger partial charge < -0.3 is 19.4 Å². The highest BCUT2D eigenvalue weighted by Crippen LogP contribution is 2.29. The molecule has 9 heteroatoms. The number of furan rings is 1. The fourth-order valence-corrected chi connectivity index (χ4v) is 3.57. The summed E-state index contributed by atoms with van der Waals surface area (Å²) in [6, 6.07) is 11.7. The van der Waals surface area contributed by atoms with Gasteiger partial charge in [-0.15, -0.1) is 0 Å². The van der Waals surface area contributed by atoms with Crippen LogP contribution < -0.4 is 10.2 Å². The summed E-state index contributed by atoms with van der Waals surface area (Å²) in [4.78, 5) is 23.8. The van der Waals surface area contributed by atoms with Crippen molar-refractivity contribution in [3.8, 4) is 17.1 Å². The van der Waals surface area contributed by atoms with Gasteiger partial charge in [0.05, 0.1) is 19.4 Å². The average molecular weight is 418 g/mol. The van der Waals surface area contributed by atoms with Crippen molar-refractivity contribution >= 4 is 22.8 Å². The third-order valence-electron chi connectivity index (χ3n) is 5.11. The average Bonchev–Trinajstić information content (AvgIpc) is 3.47. The van der Waals surface area contributed by atoms with E-state index >= 15 is 0 Å². The molecule has 0 saturated carbocycles. The summed E-state index contributed by atoms with van der Waals surface area (Å²) in [6.45, 7) is 4.93. The molecule has 1 aromatic carbocycles. The lowest BCUT2D eigenvalue weighted by molar-refractivity contribution is 0.0930. The van der Waals surface area contributed by atoms with Crippen molar-refractivity contribution in [1.29, 1.82) is 0 Å². The van der Waals surface area contributed by atoms with Crippen LogP contribution in [0.4, 0.5) is 5.82 Å². The predicted octanol–water partition coefficient (Wildman–Crippen LogP) is 2.66. The largest absolute Gasteiger partial charge is 0.445 e. The third-order valence-corrected chi connectivity index (χ3v) is 5.11. The monoisotopic (exact) mass is 418 g/mol. The van der Waals surface area contributed by atoms with Crippen molar-refractivity contribution in [3.05, 3.63) is 54.6 Å². The number of carbonyl (C=O) groups is 1. The maximum atomic E-state index is 12.3. The maximum absolute atomic E-state index is 12.3. The first-order valence-corrected chi connectivity index (χ1v) is 10.3. The Bertz CT molecular complexity index is 1210. The van der Waals surface area contributed by atoms with E-state index in [9.17, 15) is 4.79 Å². The van der Waals surface area contributed by atoms with Gasteiger partial charge in [0.1, 0.15) is 5.52 Å². The van der Waals surface area contributed by atoms with Crippen LogP contribution in [-0.4, -0.2) is 58.5 Å². The minimum atomic E-state index is -0.277. The smallest absolute Gasteiger partial charge is 0.287 e. The van der Waals surface area contributed by atoms with Gasteiger partial charge in [-0.25, -0.2) is 9.67 Å². The number of ether oxygens (including phenoxy) is 1. The molecule has 4 heterocycles. The number of rotatable bonds is 5. The van der Waals surface area contributed by atoms with E-state index in [1.165, 1.54) is 0 Å². The summed E-state index contributed by atoms with van der Waals surface area (Å²) in [5.74, 6) is 0.985. The molecule has 0 radical (unpaired) electrons. The fourth-order valence-electron chi connectivity index (χ4n) is 3.57. The molecule has 1 saturated heterocycles. The molecule has 1 fully saturated rings. The van der Waals surface area contributed by atoms with E-state index in [-0.39, 0.29) is 11.7 Å². The molecule has 3 aromatic heterocycles. The molecule has 0 bridgehead atoms. The van der Waals surface area contributed by atoms with Crippen molar-refractivity contribution in [2.45, 2.75) is 6.92 Å². The van der Waals surface area contributed by atoms with E-state index in [2.05, 4.69) is 20.3 Å². The summed E-state index contributed by atoms with van der Waals surface area (Å²) < 4.78 is 13.0. The highest BCUT2D eigenvalue weighted by atomic mass is 16.5. The summed E-state index contributed by atoms with van der Waals surface area (Å²) in [5, 5.41) is 7.22. The lowest BCUT2D eigenvalue weighted by Gasteiger charge is -2.27. The Morgan fingerprint density at radius 2 is 1.94 bits per heavy atom. The number of morpholine rings is 1. The molecule has 1 aliphatic heterocycles. The van der Waals surface area contributed by atoms with E-state index in [0.717, 1.165) is 11.1 Å². The molecule has 4 aromatic rings. The summed E-state index contributed by atoms with van der Waals surface area (Å²) in [6.07, 6.45) is 3.68. The Balaban J connectivity index is 1.60. The Morgan fingerprint density at radius 3 is 2.71 bits per heavy atom. The number of benzene rings is 1. The number of nitrogens with one attached hydrogen (secondary N) is 1. The van der Waals surface area contributed by atoms with Crippen LogP contribution in [0.25, 0.3) is 28.2 Å². The fraction of sp³-hybridized carbons (Fsp3) is 0.273. The van der Waals surface area contributed by atoms with Gasteiger partial charge in [0.15, 0.2) is 17.2 Å². The number of nitrogens with zero attached hydrogens (tertiary/aromatic N) is 5. The maximum Gasteiger partial charge on any atom is 0.287 e. The molecular formula is C22H22N6O3. The number of hydrogen-bond donors (Lipinski definition) is 1. The molecule has 1 aliphatic rings. The first kappa shape index (κ1) is 19.3. The van der Waals surface area contributed by atoms with Crippen LogP contribution in [0.5, 0.6) is 0 Å². The third kappa shape index (κ3) is 3.75. The molecule has 31 heavy (non-hydrogen) atoms. The van der Waals surface area contributed by atoms with E-state index in [0.29, 0.717) is 55.7 Å². The van der Waals surface area contributed by atoms with Crippen LogP contribution in [0, 0.1) is 0 Å². The van der Waals surface area contributed by atoms with Crippen LogP contribution >= 0.6 is 0 Å². The molecule has 0 unspecified atom stereocenters. The highest BCUT2D eigenvalue weighted by molar-refractivity contribution is 5.97. The first-order chi connectivity index (χ1) is 15.2. The molecule has 9 nitrogen and oxygen atoms in total. The lowest BCUT2D eigenvalue weighted by atomic mass is 10.1. The van der Waals surface area contributed by atoms with Crippen LogP contribution in [0.15, 0.2) is 53.2 Å². The van der Waals surface area contributed by atoms with Gasteiger partial charge in [0.2, 0.25) is 0 Å². The van der Waals surface area contributed by atoms with Crippen molar-refractivity contribution in [2.75, 3.05) is 37.7 Å². The molecule has 5 rings (SSSR count). The number of amides is 1. The quantitative estimate of drug-likeness (QED) is 0.532. The van der Waals surface area contributed by atoms with Crippen LogP contribution in [0.1, 0.15) is 17.5 Å². The number of carbonyl (C=O) groups excluding carboxylic acids is 1. The van der Waals surface area contributed by atoms with Crippen molar-refractivity contribution < 1.29 is 13.9 Å². The Kier molecular flexibility index (Phi) is 5.09. The lowest BCUT2D eigenvalue weighted by Crippen LogP contribution is -2.37. The van der Waals surface area contributed by atoms with Gasteiger partial charge in [-0.3, -0.25) is 4.79 Å². The van der Waals surface area contributed by atoms with Gasteiger partial charge in [-0.2, -0.15) is 10.1 Å². The number of hydrogen-bond acceptors (Lipinski definition) is 7. The topological polar surface area (TPSA) is 98.3 Å². The number of aromatic nitrogens is 4. The Morgan fingerprint density at radius 1 is 1.13 bits per heavy atom. The minimum absolute atomic E-state index is 0.211. The van der Waals surface area contributed by atoms with E-state index in [1.54, 1.807) is 16.9 Å². The second-order valence-corrected chi connectivity index (χ2v) is 7.17. The normalized spacial score (nSPS) is 14.2. The molecule has 1 amide bonds. The van der Waals surface area contributed by atoms with Gasteiger partial charge >= 0.3 is 0 Å². The second-order valence-electron chi connectivity index (χ2n) is 7.17. The zero-order chi connectivity index (χ0) is 21.2. The van der Waals surface area contributed by atoms with Crippen molar-refractivity contribution in [3.63, 3.8) is 0 Å². The Hall–Kier alpha value is -3.72. The number of anilines is 1. The minimum Gasteiger partial charge on any atom is -0.445 e. The van der Waals surface area contributed by atoms with Crippen LogP contribution in [0.2, 0.25) is 0 Å². The molecule has 0 spiro atoms. The van der Waals surface area contributed by atoms with E-state index < -0.39 is 0 Å². The van der Waals surface area contributed by atoms with E-state index in [4.69, 9.17) is 14.1 Å². The predicted molar refractivity (Wildman–Crippen MR) is 115 cm³/mol. The highest BCUT2D eigenvalue weighted by Gasteiger charge is 2.23. The van der Waals surface area contributed by atoms with Gasteiger partial charge in [0, 0.05) is 37.5 Å². The van der Waals surface area contributed by atoms with Crippen LogP contribution in [0.3, 0.4) is 0 Å². The summed E-state index contributed by atoms with van der Waals surface area (Å²) in [5.41, 5.74) is 3.07. The van der Waals surface area contributed by atoms with Crippen molar-refractivity contribution in [2.24, 2.45) is 0 Å². The van der Waals surface area contributed by atoms with E-state index in [1.807, 2.05) is 43.5 Å². The first-order valence-electron chi connectivity index (χ1n) is 10.3. The molecular weight excluding hydrogens is 396 g/mol. The number of fused-ring (bicyclic) bond motifs is 1. The summed E-state index contributed by atoms with van der Waals surface area (Å²) in [7, 11) is 0. The zero-order valence-corrected chi connectivity index (χ0v) is 17.1. The van der Waals surface area contributed by atoms with Crippen LogP contribution in [-0.2, 0) is 4.74 Å². The molecule has 158 valence electrons.